The number of thiazole rings is 2. The number of hydrogen-bond donors (Lipinski definition) is 3. The number of carbonyl (C=O) groups excluding carboxylic acids is 1. The fraction of sp³-hybridized carbons (Fsp3) is 0.364. The molecular weight excluding hydrogens is 282 g/mol. The van der Waals surface area contributed by atoms with E-state index < -0.39 is 0 Å². The zero-order chi connectivity index (χ0) is 13.4. The van der Waals surface area contributed by atoms with Crippen molar-refractivity contribution in [1.82, 2.24) is 9.97 Å². The zero-order valence-electron chi connectivity index (χ0n) is 10.3. The van der Waals surface area contributed by atoms with Crippen LogP contribution in [0.25, 0.3) is 0 Å². The number of rotatable bonds is 3. The van der Waals surface area contributed by atoms with E-state index in [4.69, 9.17) is 5.73 Å². The van der Waals surface area contributed by atoms with E-state index in [9.17, 15) is 4.79 Å². The quantitative estimate of drug-likeness (QED) is 0.805. The Morgan fingerprint density at radius 3 is 2.79 bits per heavy atom. The van der Waals surface area contributed by atoms with Crippen LogP contribution in [0.1, 0.15) is 26.7 Å². The Balaban J connectivity index is 1.78. The molecule has 8 heteroatoms. The van der Waals surface area contributed by atoms with Gasteiger partial charge in [0.1, 0.15) is 10.7 Å². The number of nitrogens with zero attached hydrogens (tertiary/aromatic N) is 2. The molecule has 0 saturated heterocycles. The molecule has 2 aromatic rings. The average molecular weight is 295 g/mol. The van der Waals surface area contributed by atoms with E-state index in [1.165, 1.54) is 16.2 Å². The number of nitrogens with two attached hydrogens (primary N) is 1. The van der Waals surface area contributed by atoms with Crippen LogP contribution in [0.4, 0.5) is 16.1 Å². The third kappa shape index (κ3) is 2.28. The molecule has 1 amide bonds. The highest BCUT2D eigenvalue weighted by Crippen LogP contribution is 2.31. The fourth-order valence-electron chi connectivity index (χ4n) is 2.00. The summed E-state index contributed by atoms with van der Waals surface area (Å²) in [5.74, 6) is -0.000120. The molecule has 2 aromatic heterocycles. The summed E-state index contributed by atoms with van der Waals surface area (Å²) in [6.07, 6.45) is 3.24. The monoisotopic (exact) mass is 295 g/mol. The molecule has 2 heterocycles. The molecule has 0 radical (unpaired) electrons. The van der Waals surface area contributed by atoms with Gasteiger partial charge in [0.2, 0.25) is 0 Å². The van der Waals surface area contributed by atoms with E-state index >= 15 is 0 Å². The van der Waals surface area contributed by atoms with E-state index in [1.54, 1.807) is 18.4 Å². The molecule has 0 bridgehead atoms. The van der Waals surface area contributed by atoms with Gasteiger partial charge in [-0.3, -0.25) is 10.1 Å². The van der Waals surface area contributed by atoms with Crippen LogP contribution in [0.15, 0.2) is 0 Å². The third-order valence-electron chi connectivity index (χ3n) is 2.89. The van der Waals surface area contributed by atoms with Crippen LogP contribution < -0.4 is 16.4 Å². The predicted molar refractivity (Wildman–Crippen MR) is 78.2 cm³/mol. The van der Waals surface area contributed by atoms with Crippen molar-refractivity contribution in [2.45, 2.75) is 19.3 Å². The molecule has 0 aromatic carbocycles. The first-order valence-electron chi connectivity index (χ1n) is 5.91. The second-order valence-corrected chi connectivity index (χ2v) is 6.26. The first-order chi connectivity index (χ1) is 9.17. The minimum Gasteiger partial charge on any atom is -0.382 e. The van der Waals surface area contributed by atoms with Gasteiger partial charge >= 0.3 is 0 Å². The van der Waals surface area contributed by atoms with E-state index in [1.807, 2.05) is 0 Å². The molecule has 0 spiro atoms. The maximum absolute atomic E-state index is 12.1. The molecule has 0 unspecified atom stereocenters. The van der Waals surface area contributed by atoms with Crippen LogP contribution in [0.5, 0.6) is 0 Å². The number of nitrogens with one attached hydrogen (secondary N) is 2. The van der Waals surface area contributed by atoms with Crippen molar-refractivity contribution in [1.29, 1.82) is 0 Å². The minimum absolute atomic E-state index is 0.246. The van der Waals surface area contributed by atoms with Crippen molar-refractivity contribution >= 4 is 44.7 Å². The van der Waals surface area contributed by atoms with Crippen molar-refractivity contribution in [3.63, 3.8) is 0 Å². The van der Waals surface area contributed by atoms with Gasteiger partial charge in [-0.25, -0.2) is 9.97 Å². The molecule has 100 valence electrons. The second kappa shape index (κ2) is 4.78. The molecule has 1 aliphatic rings. The van der Waals surface area contributed by atoms with Crippen LogP contribution in [-0.2, 0) is 12.8 Å². The molecule has 0 aliphatic heterocycles. The molecule has 3 rings (SSSR count). The first kappa shape index (κ1) is 12.4. The summed E-state index contributed by atoms with van der Waals surface area (Å²) in [5, 5.41) is 6.95. The minimum atomic E-state index is -0.246. The van der Waals surface area contributed by atoms with E-state index in [0.29, 0.717) is 15.1 Å². The summed E-state index contributed by atoms with van der Waals surface area (Å²) in [5.41, 5.74) is 6.84. The molecule has 0 fully saturated rings. The SMILES string of the molecule is CNc1nc(N)c(C(=O)Nc2nc3c(s2)CCC3)s1. The van der Waals surface area contributed by atoms with Crippen LogP contribution in [-0.4, -0.2) is 22.9 Å². The highest BCUT2D eigenvalue weighted by molar-refractivity contribution is 7.18. The molecule has 0 saturated carbocycles. The second-order valence-electron chi connectivity index (χ2n) is 4.18. The summed E-state index contributed by atoms with van der Waals surface area (Å²) in [4.78, 5) is 22.3. The van der Waals surface area contributed by atoms with Crippen molar-refractivity contribution in [3.8, 4) is 0 Å². The van der Waals surface area contributed by atoms with E-state index in [0.717, 1.165) is 25.0 Å². The Morgan fingerprint density at radius 2 is 2.11 bits per heavy atom. The zero-order valence-corrected chi connectivity index (χ0v) is 12.0. The van der Waals surface area contributed by atoms with Crippen molar-refractivity contribution < 1.29 is 4.79 Å². The molecule has 1 aliphatic carbocycles. The smallest absolute Gasteiger partial charge is 0.271 e. The highest BCUT2D eigenvalue weighted by Gasteiger charge is 2.20. The van der Waals surface area contributed by atoms with Gasteiger partial charge in [0.25, 0.3) is 5.91 Å². The average Bonchev–Trinajstić information content (AvgIpc) is 3.02. The topological polar surface area (TPSA) is 92.9 Å². The number of anilines is 3. The lowest BCUT2D eigenvalue weighted by Gasteiger charge is -1.99. The van der Waals surface area contributed by atoms with Gasteiger partial charge < -0.3 is 11.1 Å². The van der Waals surface area contributed by atoms with Crippen LogP contribution >= 0.6 is 22.7 Å². The van der Waals surface area contributed by atoms with Gasteiger partial charge in [-0.15, -0.1) is 11.3 Å². The third-order valence-corrected chi connectivity index (χ3v) is 5.05. The van der Waals surface area contributed by atoms with Gasteiger partial charge in [0.05, 0.1) is 5.69 Å². The number of carbonyl (C=O) groups is 1. The Kier molecular flexibility index (Phi) is 3.11. The summed E-state index contributed by atoms with van der Waals surface area (Å²) in [6.45, 7) is 0. The number of amides is 1. The lowest BCUT2D eigenvalue weighted by molar-refractivity contribution is 0.103. The van der Waals surface area contributed by atoms with Crippen molar-refractivity contribution in [3.05, 3.63) is 15.4 Å². The lowest BCUT2D eigenvalue weighted by Crippen LogP contribution is -2.12. The number of aromatic nitrogens is 2. The summed E-state index contributed by atoms with van der Waals surface area (Å²) >= 11 is 2.78. The van der Waals surface area contributed by atoms with E-state index in [-0.39, 0.29) is 11.7 Å². The number of fused-ring (bicyclic) bond motifs is 1. The Labute approximate surface area is 118 Å². The normalized spacial score (nSPS) is 13.3. The number of hydrogen-bond acceptors (Lipinski definition) is 7. The largest absolute Gasteiger partial charge is 0.382 e. The van der Waals surface area contributed by atoms with Crippen LogP contribution in [0, 0.1) is 0 Å². The molecule has 4 N–H and O–H groups in total. The predicted octanol–water partition coefficient (Wildman–Crippen LogP) is 1.96. The Hall–Kier alpha value is -1.67. The first-order valence-corrected chi connectivity index (χ1v) is 7.54. The standard InChI is InChI=1S/C11H13N5OS2/c1-13-10-15-8(12)7(19-10)9(17)16-11-14-5-3-2-4-6(5)18-11/h2-4,12H2,1H3,(H,13,15)(H,14,16,17). The fourth-order valence-corrected chi connectivity index (χ4v) is 3.78. The maximum Gasteiger partial charge on any atom is 0.271 e. The van der Waals surface area contributed by atoms with E-state index in [2.05, 4.69) is 20.6 Å². The summed E-state index contributed by atoms with van der Waals surface area (Å²) in [6, 6.07) is 0. The number of nitrogen functional groups attached to an aromatic ring is 1. The Bertz CT molecular complexity index is 612. The maximum atomic E-state index is 12.1. The lowest BCUT2D eigenvalue weighted by atomic mass is 10.4. The highest BCUT2D eigenvalue weighted by atomic mass is 32.1. The summed E-state index contributed by atoms with van der Waals surface area (Å²) in [7, 11) is 1.74. The van der Waals surface area contributed by atoms with Gasteiger partial charge in [0, 0.05) is 11.9 Å². The Morgan fingerprint density at radius 1 is 1.26 bits per heavy atom. The molecule has 6 nitrogen and oxygen atoms in total. The molecule has 0 atom stereocenters. The molecular formula is C11H13N5OS2. The number of aryl methyl sites for hydroxylation is 2. The van der Waals surface area contributed by atoms with Gasteiger partial charge in [-0.1, -0.05) is 11.3 Å². The van der Waals surface area contributed by atoms with Gasteiger partial charge in [-0.05, 0) is 19.3 Å². The van der Waals surface area contributed by atoms with Gasteiger partial charge in [-0.2, -0.15) is 0 Å². The van der Waals surface area contributed by atoms with Crippen LogP contribution in [0.2, 0.25) is 0 Å². The summed E-state index contributed by atoms with van der Waals surface area (Å²) < 4.78 is 0. The van der Waals surface area contributed by atoms with Gasteiger partial charge in [0.15, 0.2) is 10.3 Å². The van der Waals surface area contributed by atoms with Crippen LogP contribution in [0.3, 0.4) is 0 Å². The van der Waals surface area contributed by atoms with Crippen molar-refractivity contribution in [2.75, 3.05) is 23.4 Å². The molecule has 19 heavy (non-hydrogen) atoms. The van der Waals surface area contributed by atoms with Crippen molar-refractivity contribution in [2.24, 2.45) is 0 Å².